The lowest BCUT2D eigenvalue weighted by atomic mass is 10.1. The summed E-state index contributed by atoms with van der Waals surface area (Å²) in [6.07, 6.45) is 0.816. The molecule has 0 saturated heterocycles. The van der Waals surface area contributed by atoms with Crippen LogP contribution in [-0.4, -0.2) is 29.4 Å². The maximum absolute atomic E-state index is 10.9. The van der Waals surface area contributed by atoms with Crippen LogP contribution in [0.2, 0.25) is 0 Å². The van der Waals surface area contributed by atoms with Gasteiger partial charge >= 0.3 is 0 Å². The van der Waals surface area contributed by atoms with Gasteiger partial charge in [0.15, 0.2) is 0 Å². The number of fused-ring (bicyclic) bond motifs is 1. The van der Waals surface area contributed by atoms with Crippen molar-refractivity contribution >= 4 is 32.7 Å². The third-order valence-corrected chi connectivity index (χ3v) is 4.40. The van der Waals surface area contributed by atoms with E-state index in [2.05, 4.69) is 39.2 Å². The molecule has 0 bridgehead atoms. The van der Waals surface area contributed by atoms with Crippen molar-refractivity contribution in [2.24, 2.45) is 5.92 Å². The van der Waals surface area contributed by atoms with E-state index < -0.39 is 0 Å². The molecule has 2 aromatic rings. The second kappa shape index (κ2) is 8.13. The lowest BCUT2D eigenvalue weighted by Gasteiger charge is -2.10. The number of carbonyl (C=O) groups excluding carboxylic acids is 1. The maximum Gasteiger partial charge on any atom is 0.216 e. The molecule has 0 aliphatic carbocycles. The quantitative estimate of drug-likeness (QED) is 0.766. The van der Waals surface area contributed by atoms with Crippen molar-refractivity contribution in [1.82, 2.24) is 10.3 Å². The second-order valence-corrected chi connectivity index (χ2v) is 6.13. The van der Waals surface area contributed by atoms with E-state index in [-0.39, 0.29) is 5.91 Å². The minimum Gasteiger partial charge on any atom is -0.477 e. The molecular formula is C17H21BrN2O2. The van der Waals surface area contributed by atoms with Gasteiger partial charge in [-0.05, 0) is 36.1 Å². The highest BCUT2D eigenvalue weighted by molar-refractivity contribution is 9.09. The average molecular weight is 365 g/mol. The third kappa shape index (κ3) is 4.98. The van der Waals surface area contributed by atoms with Crippen molar-refractivity contribution in [3.05, 3.63) is 35.9 Å². The first-order valence-corrected chi connectivity index (χ1v) is 8.53. The highest BCUT2D eigenvalue weighted by atomic mass is 79.9. The average Bonchev–Trinajstić information content (AvgIpc) is 2.52. The molecule has 1 unspecified atom stereocenters. The number of alkyl halides is 1. The number of hydrogen-bond acceptors (Lipinski definition) is 3. The number of rotatable bonds is 7. The molecule has 1 amide bonds. The van der Waals surface area contributed by atoms with Crippen LogP contribution in [0.5, 0.6) is 5.88 Å². The van der Waals surface area contributed by atoms with Gasteiger partial charge in [0.2, 0.25) is 11.8 Å². The zero-order valence-electron chi connectivity index (χ0n) is 12.9. The molecule has 118 valence electrons. The van der Waals surface area contributed by atoms with Gasteiger partial charge in [0.05, 0.1) is 12.1 Å². The maximum atomic E-state index is 10.9. The topological polar surface area (TPSA) is 51.2 Å². The molecule has 5 heteroatoms. The number of aromatic nitrogens is 1. The molecule has 1 aromatic carbocycles. The highest BCUT2D eigenvalue weighted by Gasteiger charge is 2.04. The molecular weight excluding hydrogens is 344 g/mol. The van der Waals surface area contributed by atoms with E-state index in [0.29, 0.717) is 24.9 Å². The van der Waals surface area contributed by atoms with E-state index in [1.807, 2.05) is 24.3 Å². The molecule has 1 N–H and O–H groups in total. The van der Waals surface area contributed by atoms with Gasteiger partial charge in [-0.2, -0.15) is 0 Å². The molecule has 4 nitrogen and oxygen atoms in total. The predicted molar refractivity (Wildman–Crippen MR) is 92.6 cm³/mol. The number of pyridine rings is 1. The van der Waals surface area contributed by atoms with Crippen LogP contribution in [0.25, 0.3) is 10.9 Å². The molecule has 1 atom stereocenters. The summed E-state index contributed by atoms with van der Waals surface area (Å²) in [4.78, 5) is 15.4. The van der Waals surface area contributed by atoms with Gasteiger partial charge in [0.1, 0.15) is 0 Å². The number of nitrogens with zero attached hydrogens (tertiary/aromatic N) is 1. The first kappa shape index (κ1) is 16.7. The number of ether oxygens (including phenoxy) is 1. The van der Waals surface area contributed by atoms with E-state index in [9.17, 15) is 4.79 Å². The third-order valence-electron chi connectivity index (χ3n) is 3.29. The summed E-state index contributed by atoms with van der Waals surface area (Å²) in [5.74, 6) is 1.11. The van der Waals surface area contributed by atoms with Crippen LogP contribution in [0.1, 0.15) is 19.4 Å². The van der Waals surface area contributed by atoms with Gasteiger partial charge in [0, 0.05) is 30.3 Å². The Morgan fingerprint density at radius 3 is 2.91 bits per heavy atom. The normalized spacial score (nSPS) is 12.1. The summed E-state index contributed by atoms with van der Waals surface area (Å²) in [5, 5.41) is 4.80. The predicted octanol–water partition coefficient (Wildman–Crippen LogP) is 3.32. The monoisotopic (exact) mass is 364 g/mol. The molecule has 2 rings (SSSR count). The smallest absolute Gasteiger partial charge is 0.216 e. The molecule has 22 heavy (non-hydrogen) atoms. The summed E-state index contributed by atoms with van der Waals surface area (Å²) in [7, 11) is 0. The first-order valence-electron chi connectivity index (χ1n) is 7.41. The van der Waals surface area contributed by atoms with Crippen molar-refractivity contribution < 1.29 is 9.53 Å². The minimum atomic E-state index is 0.00181. The van der Waals surface area contributed by atoms with Crippen LogP contribution >= 0.6 is 15.9 Å². The van der Waals surface area contributed by atoms with Gasteiger partial charge in [-0.25, -0.2) is 4.98 Å². The summed E-state index contributed by atoms with van der Waals surface area (Å²) in [6, 6.07) is 10.1. The molecule has 0 radical (unpaired) electrons. The summed E-state index contributed by atoms with van der Waals surface area (Å²) >= 11 is 3.44. The van der Waals surface area contributed by atoms with Gasteiger partial charge in [0.25, 0.3) is 0 Å². The fourth-order valence-corrected chi connectivity index (χ4v) is 2.23. The second-order valence-electron chi connectivity index (χ2n) is 5.48. The van der Waals surface area contributed by atoms with Crippen molar-refractivity contribution in [3.63, 3.8) is 0 Å². The number of halogens is 1. The van der Waals surface area contributed by atoms with Crippen molar-refractivity contribution in [3.8, 4) is 5.88 Å². The number of benzene rings is 1. The van der Waals surface area contributed by atoms with Crippen molar-refractivity contribution in [2.45, 2.75) is 20.3 Å². The summed E-state index contributed by atoms with van der Waals surface area (Å²) in [5.41, 5.74) is 2.11. The molecule has 0 saturated carbocycles. The fourth-order valence-electron chi connectivity index (χ4n) is 2.05. The van der Waals surface area contributed by atoms with E-state index in [0.717, 1.165) is 22.7 Å². The Kier molecular flexibility index (Phi) is 6.19. The van der Waals surface area contributed by atoms with E-state index in [1.54, 1.807) is 0 Å². The summed E-state index contributed by atoms with van der Waals surface area (Å²) in [6.45, 7) is 4.96. The lowest BCUT2D eigenvalue weighted by molar-refractivity contribution is -0.118. The molecule has 0 aliphatic rings. The minimum absolute atomic E-state index is 0.00181. The Morgan fingerprint density at radius 1 is 1.36 bits per heavy atom. The van der Waals surface area contributed by atoms with Crippen LogP contribution in [-0.2, 0) is 11.2 Å². The Bertz CT molecular complexity index is 646. The van der Waals surface area contributed by atoms with Crippen LogP contribution in [0.4, 0.5) is 0 Å². The van der Waals surface area contributed by atoms with Gasteiger partial charge < -0.3 is 10.1 Å². The van der Waals surface area contributed by atoms with Crippen LogP contribution in [0, 0.1) is 5.92 Å². The zero-order chi connectivity index (χ0) is 15.9. The number of amides is 1. The van der Waals surface area contributed by atoms with Gasteiger partial charge in [-0.15, -0.1) is 0 Å². The SMILES string of the molecule is CC(=O)NCCc1ccc2nc(OCC(C)CBr)ccc2c1. The standard InChI is InChI=1S/C17H21BrN2O2/c1-12(10-18)11-22-17-6-4-15-9-14(3-5-16(15)20-17)7-8-19-13(2)21/h3-6,9,12H,7-8,10-11H2,1-2H3,(H,19,21). The Balaban J connectivity index is 2.03. The Labute approximate surface area is 139 Å². The lowest BCUT2D eigenvalue weighted by Crippen LogP contribution is -2.22. The molecule has 0 spiro atoms. The van der Waals surface area contributed by atoms with Gasteiger partial charge in [-0.3, -0.25) is 4.79 Å². The molecule has 1 aromatic heterocycles. The van der Waals surface area contributed by atoms with E-state index >= 15 is 0 Å². The summed E-state index contributed by atoms with van der Waals surface area (Å²) < 4.78 is 5.70. The van der Waals surface area contributed by atoms with Crippen molar-refractivity contribution in [1.29, 1.82) is 0 Å². The van der Waals surface area contributed by atoms with E-state index in [4.69, 9.17) is 4.74 Å². The van der Waals surface area contributed by atoms with E-state index in [1.165, 1.54) is 12.5 Å². The molecule has 0 aliphatic heterocycles. The largest absolute Gasteiger partial charge is 0.477 e. The number of carbonyl (C=O) groups is 1. The fraction of sp³-hybridized carbons (Fsp3) is 0.412. The van der Waals surface area contributed by atoms with Crippen LogP contribution < -0.4 is 10.1 Å². The molecule has 1 heterocycles. The molecule has 0 fully saturated rings. The number of hydrogen-bond donors (Lipinski definition) is 1. The Hall–Kier alpha value is -1.62. The zero-order valence-corrected chi connectivity index (χ0v) is 14.5. The van der Waals surface area contributed by atoms with Crippen LogP contribution in [0.15, 0.2) is 30.3 Å². The Morgan fingerprint density at radius 2 is 2.18 bits per heavy atom. The number of nitrogens with one attached hydrogen (secondary N) is 1. The van der Waals surface area contributed by atoms with Gasteiger partial charge in [-0.1, -0.05) is 28.9 Å². The van der Waals surface area contributed by atoms with Crippen LogP contribution in [0.3, 0.4) is 0 Å². The first-order chi connectivity index (χ1) is 10.6. The highest BCUT2D eigenvalue weighted by Crippen LogP contribution is 2.19. The van der Waals surface area contributed by atoms with Crippen molar-refractivity contribution in [2.75, 3.05) is 18.5 Å².